The fourth-order valence-electron chi connectivity index (χ4n) is 0. The van der Waals surface area contributed by atoms with Crippen molar-refractivity contribution >= 4 is 8.69 Å². The van der Waals surface area contributed by atoms with Crippen molar-refractivity contribution < 1.29 is 14.5 Å². The lowest BCUT2D eigenvalue weighted by atomic mass is 15.0. The van der Waals surface area contributed by atoms with Crippen molar-refractivity contribution in [2.75, 3.05) is 0 Å². The molecule has 26 valence electrons. The van der Waals surface area contributed by atoms with Crippen LogP contribution in [0.4, 0.5) is 0 Å². The molecule has 0 saturated heterocycles. The second-order valence-corrected chi connectivity index (χ2v) is 0.605. The molecule has 0 fully saturated rings. The van der Waals surface area contributed by atoms with Gasteiger partial charge in [-0.05, 0) is 0 Å². The van der Waals surface area contributed by atoms with Gasteiger partial charge >= 0.3 is 0 Å². The Kier molecular flexibility index (Phi) is 3.27. The first-order valence-corrected chi connectivity index (χ1v) is 1.60. The molecule has 1 atom stereocenters. The predicted octanol–water partition coefficient (Wildman–Crippen LogP) is 0.147. The van der Waals surface area contributed by atoms with Crippen molar-refractivity contribution in [3.05, 3.63) is 0 Å². The largest absolute Gasteiger partial charge is 0.297 e. The van der Waals surface area contributed by atoms with Gasteiger partial charge in [-0.25, -0.2) is 5.26 Å². The molecule has 4 heavy (non-hydrogen) atoms. The molecule has 0 aliphatic carbocycles. The van der Waals surface area contributed by atoms with E-state index in [9.17, 15) is 0 Å². The van der Waals surface area contributed by atoms with E-state index in [-0.39, 0.29) is 0 Å². The molecule has 0 rings (SSSR count). The smallest absolute Gasteiger partial charge is 0.213 e. The second-order valence-electron chi connectivity index (χ2n) is 0.202. The van der Waals surface area contributed by atoms with E-state index in [1.807, 2.05) is 0 Å². The summed E-state index contributed by atoms with van der Waals surface area (Å²) in [5, 5.41) is 7.10. The van der Waals surface area contributed by atoms with E-state index < -0.39 is 8.69 Å². The predicted molar refractivity (Wildman–Crippen MR) is 14.1 cm³/mol. The van der Waals surface area contributed by atoms with Crippen molar-refractivity contribution in [3.63, 3.8) is 0 Å². The van der Waals surface area contributed by atoms with Crippen LogP contribution in [0.1, 0.15) is 0 Å². The van der Waals surface area contributed by atoms with Gasteiger partial charge in [0.25, 0.3) is 0 Å². The van der Waals surface area contributed by atoms with Crippen LogP contribution < -0.4 is 0 Å². The van der Waals surface area contributed by atoms with E-state index in [4.69, 9.17) is 9.82 Å². The van der Waals surface area contributed by atoms with Crippen LogP contribution in [-0.4, -0.2) is 5.26 Å². The summed E-state index contributed by atoms with van der Waals surface area (Å²) in [7, 11) is -1.41. The van der Waals surface area contributed by atoms with Gasteiger partial charge in [-0.15, -0.1) is 0 Å². The van der Waals surface area contributed by atoms with E-state index in [1.54, 1.807) is 0 Å². The van der Waals surface area contributed by atoms with Crippen LogP contribution in [0.3, 0.4) is 0 Å². The van der Waals surface area contributed by atoms with Gasteiger partial charge in [0.05, 0.1) is 0 Å². The topological polar surface area (TPSA) is 46.5 Å². The standard InChI is InChI=1S/H3O3P/c1-3-4-2/h1H,4H2. The van der Waals surface area contributed by atoms with Crippen LogP contribution in [0.2, 0.25) is 0 Å². The van der Waals surface area contributed by atoms with Gasteiger partial charge in [-0.1, -0.05) is 0 Å². The molecular weight excluding hydrogens is 79.0 g/mol. The summed E-state index contributed by atoms with van der Waals surface area (Å²) in [5.74, 6) is 0. The van der Waals surface area contributed by atoms with Crippen molar-refractivity contribution in [1.29, 1.82) is 0 Å². The molecule has 0 aromatic rings. The summed E-state index contributed by atoms with van der Waals surface area (Å²) in [5.41, 5.74) is 0. The van der Waals surface area contributed by atoms with Gasteiger partial charge in [0.15, 0.2) is 0 Å². The molecule has 4 heteroatoms. The zero-order chi connectivity index (χ0) is 3.41. The minimum absolute atomic E-state index is 1.41. The van der Waals surface area contributed by atoms with Gasteiger partial charge in [0.2, 0.25) is 8.69 Å². The normalized spacial score (nSPS) is 10.2. The van der Waals surface area contributed by atoms with Crippen LogP contribution in [-0.2, 0) is 9.24 Å². The fourth-order valence-corrected chi connectivity index (χ4v) is 0. The first kappa shape index (κ1) is 4.15. The van der Waals surface area contributed by atoms with Crippen LogP contribution in [0, 0.1) is 0 Å². The molecule has 0 aliphatic rings. The maximum atomic E-state index is 8.91. The highest BCUT2D eigenvalue weighted by Crippen LogP contribution is 1.82. The molecule has 1 unspecified atom stereocenters. The summed E-state index contributed by atoms with van der Waals surface area (Å²) >= 11 is 0. The van der Waals surface area contributed by atoms with Gasteiger partial charge < -0.3 is 0 Å². The molecule has 0 aromatic heterocycles. The Labute approximate surface area is 24.4 Å². The van der Waals surface area contributed by atoms with Gasteiger partial charge in [-0.3, -0.25) is 4.57 Å². The van der Waals surface area contributed by atoms with E-state index in [0.717, 1.165) is 0 Å². The van der Waals surface area contributed by atoms with E-state index in [0.29, 0.717) is 0 Å². The lowest BCUT2D eigenvalue weighted by Crippen LogP contribution is -1.45. The first-order chi connectivity index (χ1) is 1.91. The maximum absolute atomic E-state index is 8.91. The average Bonchev–Trinajstić information content (AvgIpc) is 1.37. The van der Waals surface area contributed by atoms with Crippen molar-refractivity contribution in [1.82, 2.24) is 0 Å². The molecule has 0 bridgehead atoms. The van der Waals surface area contributed by atoms with Crippen molar-refractivity contribution in [2.45, 2.75) is 0 Å². The zero-order valence-electron chi connectivity index (χ0n) is 1.84. The highest BCUT2D eigenvalue weighted by molar-refractivity contribution is 7.17. The van der Waals surface area contributed by atoms with E-state index in [1.165, 1.54) is 0 Å². The highest BCUT2D eigenvalue weighted by Gasteiger charge is 1.45. The zero-order valence-corrected chi connectivity index (χ0v) is 3.00. The SMILES string of the molecule is O=[PH2]OO. The molecule has 1 N–H and O–H groups in total. The van der Waals surface area contributed by atoms with Gasteiger partial charge in [-0.2, -0.15) is 4.67 Å². The maximum Gasteiger partial charge on any atom is 0.213 e. The first-order valence-electron chi connectivity index (χ1n) is 0.654. The van der Waals surface area contributed by atoms with E-state index in [2.05, 4.69) is 4.67 Å². The summed E-state index contributed by atoms with van der Waals surface area (Å²) in [6, 6.07) is 0. The van der Waals surface area contributed by atoms with Crippen LogP contribution in [0.25, 0.3) is 0 Å². The van der Waals surface area contributed by atoms with Gasteiger partial charge in [0, 0.05) is 0 Å². The number of rotatable bonds is 1. The van der Waals surface area contributed by atoms with Crippen LogP contribution in [0.5, 0.6) is 0 Å². The lowest BCUT2D eigenvalue weighted by Gasteiger charge is -1.61. The third-order valence-electron chi connectivity index (χ3n) is 0.0430. The minimum atomic E-state index is -1.41. The summed E-state index contributed by atoms with van der Waals surface area (Å²) in [6.45, 7) is 0. The van der Waals surface area contributed by atoms with E-state index >= 15 is 0 Å². The Morgan fingerprint density at radius 3 is 2.25 bits per heavy atom. The molecule has 3 nitrogen and oxygen atoms in total. The Bertz CT molecular complexity index is 17.2. The molecular formula is H3O3P. The molecule has 0 aromatic carbocycles. The Morgan fingerprint density at radius 2 is 2.25 bits per heavy atom. The number of hydrogen-bond donors (Lipinski definition) is 1. The quantitative estimate of drug-likeness (QED) is 0.278. The minimum Gasteiger partial charge on any atom is -0.297 e. The van der Waals surface area contributed by atoms with Crippen LogP contribution >= 0.6 is 8.69 Å². The molecule has 0 radical (unpaired) electrons. The third kappa shape index (κ3) is 2.15. The van der Waals surface area contributed by atoms with Gasteiger partial charge in [0.1, 0.15) is 0 Å². The lowest BCUT2D eigenvalue weighted by molar-refractivity contribution is -0.125. The second kappa shape index (κ2) is 3.15. The summed E-state index contributed by atoms with van der Waals surface area (Å²) in [4.78, 5) is 0. The summed E-state index contributed by atoms with van der Waals surface area (Å²) in [6.07, 6.45) is 0. The monoisotopic (exact) mass is 82.0 g/mol. The Balaban J connectivity index is 2.30. The highest BCUT2D eigenvalue weighted by atomic mass is 31.1. The van der Waals surface area contributed by atoms with Crippen LogP contribution in [0.15, 0.2) is 0 Å². The van der Waals surface area contributed by atoms with Crippen molar-refractivity contribution in [2.24, 2.45) is 0 Å². The molecule has 0 heterocycles. The summed E-state index contributed by atoms with van der Waals surface area (Å²) < 4.78 is 12.0. The van der Waals surface area contributed by atoms with Crippen molar-refractivity contribution in [3.8, 4) is 0 Å². The molecule has 0 spiro atoms. The number of hydrogen-bond acceptors (Lipinski definition) is 3. The average molecular weight is 82.0 g/mol. The molecule has 0 saturated carbocycles. The Morgan fingerprint density at radius 1 is 2.00 bits per heavy atom. The molecule has 0 aliphatic heterocycles. The fraction of sp³-hybridized carbons (Fsp3) is 0. The Hall–Kier alpha value is 0.150. The molecule has 0 amide bonds. The third-order valence-corrected chi connectivity index (χ3v) is 0.129.